The molecule has 0 saturated carbocycles. The first-order valence-electron chi connectivity index (χ1n) is 6.02. The van der Waals surface area contributed by atoms with Crippen LogP contribution in [0, 0.1) is 26.2 Å². The topological polar surface area (TPSA) is 66.5 Å². The lowest BCUT2D eigenvalue weighted by Gasteiger charge is -2.17. The molecular weight excluding hydrogens is 276 g/mol. The number of nitrogens with one attached hydrogen (secondary N) is 1. The highest BCUT2D eigenvalue weighted by Crippen LogP contribution is 2.17. The summed E-state index contributed by atoms with van der Waals surface area (Å²) < 4.78 is 25.6. The van der Waals surface area contributed by atoms with Gasteiger partial charge in [-0.05, 0) is 37.1 Å². The fraction of sp³-hybridized carbons (Fsp3) is 0.357. The predicted octanol–water partition coefficient (Wildman–Crippen LogP) is 0.673. The molecule has 0 spiro atoms. The second-order valence-corrected chi connectivity index (χ2v) is 6.53. The molecule has 6 heteroatoms. The zero-order valence-electron chi connectivity index (χ0n) is 11.8. The number of amides is 1. The normalized spacial score (nSPS) is 11.2. The third-order valence-electron chi connectivity index (χ3n) is 2.94. The quantitative estimate of drug-likeness (QED) is 0.812. The summed E-state index contributed by atoms with van der Waals surface area (Å²) in [6.07, 6.45) is 5.02. The summed E-state index contributed by atoms with van der Waals surface area (Å²) in [6, 6.07) is 4.88. The average molecular weight is 294 g/mol. The van der Waals surface area contributed by atoms with E-state index in [1.165, 1.54) is 13.1 Å². The van der Waals surface area contributed by atoms with Gasteiger partial charge >= 0.3 is 0 Å². The van der Waals surface area contributed by atoms with E-state index in [1.807, 2.05) is 13.8 Å². The van der Waals surface area contributed by atoms with Crippen molar-refractivity contribution in [3.05, 3.63) is 29.3 Å². The fourth-order valence-corrected chi connectivity index (χ4v) is 2.76. The Bertz CT molecular complexity index is 645. The number of sulfonamides is 1. The average Bonchev–Trinajstić information content (AvgIpc) is 2.39. The van der Waals surface area contributed by atoms with E-state index in [-0.39, 0.29) is 18.0 Å². The maximum absolute atomic E-state index is 12.3. The van der Waals surface area contributed by atoms with Crippen molar-refractivity contribution in [1.82, 2.24) is 9.62 Å². The minimum atomic E-state index is -3.68. The smallest absolute Gasteiger partial charge is 0.243 e. The van der Waals surface area contributed by atoms with Crippen LogP contribution in [-0.4, -0.2) is 38.8 Å². The Hall–Kier alpha value is -1.84. The highest BCUT2D eigenvalue weighted by Gasteiger charge is 2.23. The van der Waals surface area contributed by atoms with Crippen LogP contribution in [0.1, 0.15) is 11.1 Å². The van der Waals surface area contributed by atoms with Gasteiger partial charge in [0, 0.05) is 7.05 Å². The highest BCUT2D eigenvalue weighted by atomic mass is 32.2. The van der Waals surface area contributed by atoms with E-state index < -0.39 is 15.9 Å². The van der Waals surface area contributed by atoms with E-state index in [1.54, 1.807) is 12.1 Å². The molecule has 108 valence electrons. The molecule has 1 aromatic carbocycles. The van der Waals surface area contributed by atoms with Crippen LogP contribution in [0.25, 0.3) is 0 Å². The second kappa shape index (κ2) is 6.55. The molecule has 0 aliphatic heterocycles. The minimum Gasteiger partial charge on any atom is -0.344 e. The van der Waals surface area contributed by atoms with Crippen LogP contribution in [0.4, 0.5) is 0 Å². The van der Waals surface area contributed by atoms with Crippen molar-refractivity contribution < 1.29 is 13.2 Å². The first-order valence-corrected chi connectivity index (χ1v) is 7.47. The van der Waals surface area contributed by atoms with Gasteiger partial charge in [-0.15, -0.1) is 6.42 Å². The number of benzene rings is 1. The highest BCUT2D eigenvalue weighted by molar-refractivity contribution is 7.89. The van der Waals surface area contributed by atoms with E-state index in [9.17, 15) is 13.2 Å². The van der Waals surface area contributed by atoms with E-state index in [0.717, 1.165) is 15.4 Å². The van der Waals surface area contributed by atoms with Crippen LogP contribution in [0.15, 0.2) is 23.1 Å². The summed E-state index contributed by atoms with van der Waals surface area (Å²) in [5.74, 6) is 1.82. The van der Waals surface area contributed by atoms with E-state index in [0.29, 0.717) is 0 Å². The molecule has 1 N–H and O–H groups in total. The molecular formula is C14H18N2O3S. The standard InChI is InChI=1S/C14H18N2O3S/c1-5-8-15-14(17)10-16(4)20(18,19)13-7-6-11(2)12(3)9-13/h1,6-7,9H,8,10H2,2-4H3,(H,15,17). The number of terminal acetylenes is 1. The molecule has 0 bridgehead atoms. The molecule has 0 fully saturated rings. The summed E-state index contributed by atoms with van der Waals surface area (Å²) in [4.78, 5) is 11.7. The molecule has 5 nitrogen and oxygen atoms in total. The molecule has 1 rings (SSSR count). The van der Waals surface area contributed by atoms with Gasteiger partial charge in [-0.2, -0.15) is 4.31 Å². The second-order valence-electron chi connectivity index (χ2n) is 4.49. The number of carbonyl (C=O) groups excluding carboxylic acids is 1. The minimum absolute atomic E-state index is 0.0797. The Morgan fingerprint density at radius 2 is 2.00 bits per heavy atom. The van der Waals surface area contributed by atoms with Crippen molar-refractivity contribution in [1.29, 1.82) is 0 Å². The number of likely N-dealkylation sites (N-methyl/N-ethyl adjacent to an activating group) is 1. The van der Waals surface area contributed by atoms with E-state index >= 15 is 0 Å². The largest absolute Gasteiger partial charge is 0.344 e. The van der Waals surface area contributed by atoms with Crippen molar-refractivity contribution >= 4 is 15.9 Å². The van der Waals surface area contributed by atoms with Gasteiger partial charge in [0.2, 0.25) is 15.9 Å². The summed E-state index contributed by atoms with van der Waals surface area (Å²) >= 11 is 0. The van der Waals surface area contributed by atoms with Crippen molar-refractivity contribution in [2.75, 3.05) is 20.1 Å². The van der Waals surface area contributed by atoms with Crippen molar-refractivity contribution in [2.24, 2.45) is 0 Å². The molecule has 0 aromatic heterocycles. The molecule has 0 saturated heterocycles. The third kappa shape index (κ3) is 3.83. The maximum atomic E-state index is 12.3. The lowest BCUT2D eigenvalue weighted by Crippen LogP contribution is -2.38. The Morgan fingerprint density at radius 3 is 2.55 bits per heavy atom. The molecule has 0 unspecified atom stereocenters. The molecule has 1 aromatic rings. The van der Waals surface area contributed by atoms with Gasteiger partial charge in [0.1, 0.15) is 0 Å². The van der Waals surface area contributed by atoms with Crippen LogP contribution in [0.2, 0.25) is 0 Å². The number of hydrogen-bond donors (Lipinski definition) is 1. The van der Waals surface area contributed by atoms with Crippen LogP contribution in [-0.2, 0) is 14.8 Å². The van der Waals surface area contributed by atoms with Crippen LogP contribution < -0.4 is 5.32 Å². The predicted molar refractivity (Wildman–Crippen MR) is 77.6 cm³/mol. The van der Waals surface area contributed by atoms with Gasteiger partial charge in [0.25, 0.3) is 0 Å². The van der Waals surface area contributed by atoms with Crippen LogP contribution in [0.5, 0.6) is 0 Å². The van der Waals surface area contributed by atoms with Crippen molar-refractivity contribution in [3.63, 3.8) is 0 Å². The first-order chi connectivity index (χ1) is 9.28. The molecule has 0 aliphatic carbocycles. The number of carbonyl (C=O) groups is 1. The van der Waals surface area contributed by atoms with Gasteiger partial charge < -0.3 is 5.32 Å². The lowest BCUT2D eigenvalue weighted by atomic mass is 10.1. The monoisotopic (exact) mass is 294 g/mol. The molecule has 20 heavy (non-hydrogen) atoms. The zero-order valence-corrected chi connectivity index (χ0v) is 12.6. The molecule has 0 heterocycles. The van der Waals surface area contributed by atoms with Gasteiger partial charge in [0.15, 0.2) is 0 Å². The summed E-state index contributed by atoms with van der Waals surface area (Å²) in [7, 11) is -2.32. The molecule has 0 atom stereocenters. The number of rotatable bonds is 5. The van der Waals surface area contributed by atoms with Gasteiger partial charge in [-0.25, -0.2) is 8.42 Å². The first kappa shape index (κ1) is 16.2. The molecule has 0 aliphatic rings. The Balaban J connectivity index is 2.90. The maximum Gasteiger partial charge on any atom is 0.243 e. The third-order valence-corrected chi connectivity index (χ3v) is 4.74. The van der Waals surface area contributed by atoms with Gasteiger partial charge in [-0.3, -0.25) is 4.79 Å². The number of aryl methyl sites for hydroxylation is 2. The van der Waals surface area contributed by atoms with Crippen molar-refractivity contribution in [2.45, 2.75) is 18.7 Å². The number of hydrogen-bond acceptors (Lipinski definition) is 3. The van der Waals surface area contributed by atoms with Gasteiger partial charge in [-0.1, -0.05) is 12.0 Å². The number of nitrogens with zero attached hydrogens (tertiary/aromatic N) is 1. The zero-order chi connectivity index (χ0) is 15.3. The Kier molecular flexibility index (Phi) is 5.31. The van der Waals surface area contributed by atoms with E-state index in [4.69, 9.17) is 6.42 Å². The Morgan fingerprint density at radius 1 is 1.35 bits per heavy atom. The summed E-state index contributed by atoms with van der Waals surface area (Å²) in [5, 5.41) is 2.43. The summed E-state index contributed by atoms with van der Waals surface area (Å²) in [6.45, 7) is 3.56. The fourth-order valence-electron chi connectivity index (χ4n) is 1.55. The SMILES string of the molecule is C#CCNC(=O)CN(C)S(=O)(=O)c1ccc(C)c(C)c1. The molecule has 1 amide bonds. The van der Waals surface area contributed by atoms with Crippen LogP contribution in [0.3, 0.4) is 0 Å². The lowest BCUT2D eigenvalue weighted by molar-refractivity contribution is -0.120. The Labute approximate surface area is 120 Å². The van der Waals surface area contributed by atoms with Gasteiger partial charge in [0.05, 0.1) is 18.0 Å². The van der Waals surface area contributed by atoms with Crippen LogP contribution >= 0.6 is 0 Å². The van der Waals surface area contributed by atoms with Crippen molar-refractivity contribution in [3.8, 4) is 12.3 Å². The molecule has 0 radical (unpaired) electrons. The van der Waals surface area contributed by atoms with E-state index in [2.05, 4.69) is 11.2 Å². The summed E-state index contributed by atoms with van der Waals surface area (Å²) in [5.41, 5.74) is 1.90.